The number of thioether (sulfide) groups is 1. The molecule has 2 unspecified atom stereocenters. The fraction of sp³-hybridized carbons (Fsp3) is 0.278. The third kappa shape index (κ3) is 3.23. The van der Waals surface area contributed by atoms with Gasteiger partial charge < -0.3 is 15.2 Å². The van der Waals surface area contributed by atoms with Crippen LogP contribution >= 0.6 is 11.8 Å². The van der Waals surface area contributed by atoms with Crippen molar-refractivity contribution in [3.05, 3.63) is 61.9 Å². The van der Waals surface area contributed by atoms with Crippen LogP contribution in [0.5, 0.6) is 0 Å². The lowest BCUT2D eigenvalue weighted by Gasteiger charge is -2.32. The summed E-state index contributed by atoms with van der Waals surface area (Å²) in [5.41, 5.74) is 6.03. The van der Waals surface area contributed by atoms with Gasteiger partial charge >= 0.3 is 11.9 Å². The third-order valence-electron chi connectivity index (χ3n) is 4.61. The van der Waals surface area contributed by atoms with E-state index in [2.05, 4.69) is 0 Å². The summed E-state index contributed by atoms with van der Waals surface area (Å²) in [5, 5.41) is 10.9. The molecule has 2 aliphatic rings. The number of esters is 2. The Morgan fingerprint density at radius 2 is 1.83 bits per heavy atom. The zero-order valence-corrected chi connectivity index (χ0v) is 16.5. The fourth-order valence-corrected chi connectivity index (χ4v) is 4.46. The zero-order chi connectivity index (χ0) is 21.5. The maximum absolute atomic E-state index is 12.7. The highest BCUT2D eigenvalue weighted by Crippen LogP contribution is 2.49. The van der Waals surface area contributed by atoms with Gasteiger partial charge in [-0.25, -0.2) is 9.59 Å². The Morgan fingerprint density at radius 3 is 2.41 bits per heavy atom. The van der Waals surface area contributed by atoms with Crippen LogP contribution in [0.1, 0.15) is 18.4 Å². The summed E-state index contributed by atoms with van der Waals surface area (Å²) in [5.74, 6) is -3.34. The molecule has 0 radical (unpaired) electrons. The van der Waals surface area contributed by atoms with E-state index in [-0.39, 0.29) is 33.2 Å². The highest BCUT2D eigenvalue weighted by molar-refractivity contribution is 8.04. The van der Waals surface area contributed by atoms with E-state index in [1.165, 1.54) is 24.3 Å². The molecular weight excluding hydrogens is 402 g/mol. The average Bonchev–Trinajstić information content (AvgIpc) is 3.01. The first-order chi connectivity index (χ1) is 13.7. The lowest BCUT2D eigenvalue weighted by molar-refractivity contribution is -0.384. The van der Waals surface area contributed by atoms with E-state index < -0.39 is 33.9 Å². The Balaban J connectivity index is 2.34. The van der Waals surface area contributed by atoms with Crippen LogP contribution in [0.25, 0.3) is 0 Å². The second-order valence-electron chi connectivity index (χ2n) is 6.22. The number of hydrogen-bond acceptors (Lipinski definition) is 9. The summed E-state index contributed by atoms with van der Waals surface area (Å²) in [6, 6.07) is 5.48. The molecule has 3 rings (SSSR count). The minimum absolute atomic E-state index is 0.00898. The topological polar surface area (TPSA) is 142 Å². The van der Waals surface area contributed by atoms with Gasteiger partial charge in [0.1, 0.15) is 5.82 Å². The Hall–Kier alpha value is -3.34. The number of benzene rings is 1. The second-order valence-corrected chi connectivity index (χ2v) is 7.55. The minimum atomic E-state index is -1.10. The molecule has 1 amide bonds. The summed E-state index contributed by atoms with van der Waals surface area (Å²) in [4.78, 5) is 49.7. The molecule has 2 heterocycles. The van der Waals surface area contributed by atoms with Crippen LogP contribution in [-0.2, 0) is 23.9 Å². The summed E-state index contributed by atoms with van der Waals surface area (Å²) >= 11 is 1.10. The molecule has 0 aliphatic carbocycles. The molecular formula is C18H17N3O7S. The molecule has 2 atom stereocenters. The van der Waals surface area contributed by atoms with Crippen LogP contribution in [0.4, 0.5) is 5.69 Å². The first-order valence-electron chi connectivity index (χ1n) is 8.38. The Bertz CT molecular complexity index is 1000. The van der Waals surface area contributed by atoms with Crippen LogP contribution in [0.2, 0.25) is 0 Å². The quantitative estimate of drug-likeness (QED) is 0.435. The lowest BCUT2D eigenvalue weighted by Crippen LogP contribution is -2.40. The molecule has 1 fully saturated rings. The zero-order valence-electron chi connectivity index (χ0n) is 15.7. The number of carbonyl (C=O) groups is 3. The second kappa shape index (κ2) is 7.59. The monoisotopic (exact) mass is 419 g/mol. The molecule has 1 aromatic carbocycles. The van der Waals surface area contributed by atoms with E-state index in [9.17, 15) is 24.5 Å². The molecule has 152 valence electrons. The predicted molar refractivity (Wildman–Crippen MR) is 102 cm³/mol. The molecule has 0 aromatic heterocycles. The van der Waals surface area contributed by atoms with E-state index in [4.69, 9.17) is 15.2 Å². The number of nitro groups is 1. The van der Waals surface area contributed by atoms with Gasteiger partial charge in [0, 0.05) is 12.1 Å². The van der Waals surface area contributed by atoms with Gasteiger partial charge in [0.25, 0.3) is 5.69 Å². The normalized spacial score (nSPS) is 21.2. The smallest absolute Gasteiger partial charge is 0.338 e. The minimum Gasteiger partial charge on any atom is -0.466 e. The summed E-state index contributed by atoms with van der Waals surface area (Å²) in [6.07, 6.45) is 0. The number of nitrogens with zero attached hydrogens (tertiary/aromatic N) is 2. The largest absolute Gasteiger partial charge is 0.466 e. The van der Waals surface area contributed by atoms with Crippen molar-refractivity contribution < 1.29 is 28.8 Å². The van der Waals surface area contributed by atoms with Crippen molar-refractivity contribution >= 4 is 35.3 Å². The van der Waals surface area contributed by atoms with Gasteiger partial charge in [-0.1, -0.05) is 23.9 Å². The van der Waals surface area contributed by atoms with Gasteiger partial charge in [-0.3, -0.25) is 19.8 Å². The number of rotatable bonds is 4. The van der Waals surface area contributed by atoms with E-state index in [1.807, 2.05) is 0 Å². The number of hydrogen-bond donors (Lipinski definition) is 1. The summed E-state index contributed by atoms with van der Waals surface area (Å²) in [6.45, 7) is 1.64. The molecule has 1 aromatic rings. The SMILES string of the molecule is COC(=O)C1=C(N)N2C(=O)C(C)SC2=C(C(=O)OC)C1c1cccc([N+](=O)[O-])c1. The molecule has 2 N–H and O–H groups in total. The van der Waals surface area contributed by atoms with Crippen molar-refractivity contribution in [2.45, 2.75) is 18.1 Å². The van der Waals surface area contributed by atoms with Crippen LogP contribution in [-0.4, -0.2) is 47.1 Å². The Kier molecular flexibility index (Phi) is 5.33. The van der Waals surface area contributed by atoms with E-state index >= 15 is 0 Å². The summed E-state index contributed by atoms with van der Waals surface area (Å²) in [7, 11) is 2.29. The fourth-order valence-electron chi connectivity index (χ4n) is 3.30. The highest BCUT2D eigenvalue weighted by atomic mass is 32.2. The van der Waals surface area contributed by atoms with Crippen molar-refractivity contribution in [1.29, 1.82) is 0 Å². The van der Waals surface area contributed by atoms with Gasteiger partial charge in [-0.2, -0.15) is 0 Å². The van der Waals surface area contributed by atoms with Crippen LogP contribution in [0.3, 0.4) is 0 Å². The standard InChI is InChI=1S/C18H17N3O7S/c1-8-15(22)20-14(19)12(17(23)27-2)11(13(16(20)29-8)18(24)28-3)9-5-4-6-10(7-9)21(25)26/h4-8,11H,19H2,1-3H3. The van der Waals surface area contributed by atoms with Crippen molar-refractivity contribution in [3.8, 4) is 0 Å². The van der Waals surface area contributed by atoms with Crippen LogP contribution in [0, 0.1) is 10.1 Å². The third-order valence-corrected chi connectivity index (χ3v) is 5.79. The van der Waals surface area contributed by atoms with Crippen LogP contribution < -0.4 is 5.73 Å². The number of amides is 1. The molecule has 0 spiro atoms. The maximum atomic E-state index is 12.7. The van der Waals surface area contributed by atoms with E-state index in [1.54, 1.807) is 6.92 Å². The molecule has 11 heteroatoms. The number of carbonyl (C=O) groups excluding carboxylic acids is 3. The molecule has 0 saturated carbocycles. The van der Waals surface area contributed by atoms with Crippen molar-refractivity contribution in [2.75, 3.05) is 14.2 Å². The molecule has 2 aliphatic heterocycles. The Morgan fingerprint density at radius 1 is 1.21 bits per heavy atom. The predicted octanol–water partition coefficient (Wildman–Crippen LogP) is 1.38. The van der Waals surface area contributed by atoms with Crippen LogP contribution in [0.15, 0.2) is 46.3 Å². The maximum Gasteiger partial charge on any atom is 0.338 e. The number of fused-ring (bicyclic) bond motifs is 1. The molecule has 1 saturated heterocycles. The first kappa shape index (κ1) is 20.4. The molecule has 10 nitrogen and oxygen atoms in total. The van der Waals surface area contributed by atoms with Gasteiger partial charge in [-0.05, 0) is 12.5 Å². The van der Waals surface area contributed by atoms with Gasteiger partial charge in [-0.15, -0.1) is 0 Å². The number of methoxy groups -OCH3 is 2. The first-order valence-corrected chi connectivity index (χ1v) is 9.26. The molecule has 0 bridgehead atoms. The summed E-state index contributed by atoms with van der Waals surface area (Å²) < 4.78 is 9.73. The average molecular weight is 419 g/mol. The number of ether oxygens (including phenoxy) is 2. The number of nitrogens with two attached hydrogens (primary N) is 1. The van der Waals surface area contributed by atoms with Gasteiger partial charge in [0.05, 0.1) is 46.5 Å². The highest BCUT2D eigenvalue weighted by Gasteiger charge is 2.49. The van der Waals surface area contributed by atoms with Gasteiger partial charge in [0.15, 0.2) is 0 Å². The molecule has 29 heavy (non-hydrogen) atoms. The van der Waals surface area contributed by atoms with Gasteiger partial charge in [0.2, 0.25) is 5.91 Å². The van der Waals surface area contributed by atoms with Crippen molar-refractivity contribution in [1.82, 2.24) is 4.90 Å². The van der Waals surface area contributed by atoms with Crippen molar-refractivity contribution in [2.24, 2.45) is 5.73 Å². The van der Waals surface area contributed by atoms with E-state index in [0.717, 1.165) is 30.9 Å². The Labute approximate surface area is 169 Å². The number of non-ortho nitro benzene ring substituents is 1. The van der Waals surface area contributed by atoms with E-state index in [0.29, 0.717) is 0 Å². The van der Waals surface area contributed by atoms with Crippen molar-refractivity contribution in [3.63, 3.8) is 0 Å². The lowest BCUT2D eigenvalue weighted by atomic mass is 9.82. The number of nitro benzene ring substituents is 1.